The van der Waals surface area contributed by atoms with Gasteiger partial charge in [-0.2, -0.15) is 5.10 Å². The maximum Gasteiger partial charge on any atom is 0.137 e. The molecule has 2 N–H and O–H groups in total. The van der Waals surface area contributed by atoms with Gasteiger partial charge in [0.25, 0.3) is 0 Å². The summed E-state index contributed by atoms with van der Waals surface area (Å²) in [4.78, 5) is 0. The van der Waals surface area contributed by atoms with Crippen LogP contribution in [-0.4, -0.2) is 23.4 Å². The summed E-state index contributed by atoms with van der Waals surface area (Å²) in [6.07, 6.45) is 2.82. The van der Waals surface area contributed by atoms with E-state index in [1.165, 1.54) is 0 Å². The highest BCUT2D eigenvalue weighted by molar-refractivity contribution is 6.32. The maximum atomic E-state index is 6.10. The molecule has 1 aromatic heterocycles. The largest absolute Gasteiger partial charge is 0.495 e. The number of ether oxygens (including phenoxy) is 1. The number of nitrogens with two attached hydrogens (primary N) is 1. The van der Waals surface area contributed by atoms with Gasteiger partial charge in [-0.3, -0.25) is 0 Å². The molecular weight excluding hydrogens is 250 g/mol. The van der Waals surface area contributed by atoms with Gasteiger partial charge in [0.15, 0.2) is 0 Å². The summed E-state index contributed by atoms with van der Waals surface area (Å²) in [7, 11) is 1.60. The number of halogens is 1. The Morgan fingerprint density at radius 2 is 2.22 bits per heavy atom. The Bertz CT molecular complexity index is 551. The zero-order valence-electron chi connectivity index (χ0n) is 10.5. The molecule has 2 aromatic rings. The molecule has 5 heteroatoms. The van der Waals surface area contributed by atoms with Crippen molar-refractivity contribution in [3.8, 4) is 11.4 Å². The van der Waals surface area contributed by atoms with E-state index in [4.69, 9.17) is 22.1 Å². The Morgan fingerprint density at radius 1 is 1.44 bits per heavy atom. The van der Waals surface area contributed by atoms with Crippen LogP contribution in [0.4, 0.5) is 0 Å². The number of rotatable bonds is 4. The quantitative estimate of drug-likeness (QED) is 0.923. The molecule has 0 aliphatic rings. The van der Waals surface area contributed by atoms with E-state index < -0.39 is 0 Å². The van der Waals surface area contributed by atoms with Gasteiger partial charge in [0, 0.05) is 6.20 Å². The summed E-state index contributed by atoms with van der Waals surface area (Å²) in [6.45, 7) is 2.60. The van der Waals surface area contributed by atoms with Crippen molar-refractivity contribution in [2.45, 2.75) is 13.3 Å². The average molecular weight is 266 g/mol. The van der Waals surface area contributed by atoms with E-state index in [0.717, 1.165) is 23.4 Å². The monoisotopic (exact) mass is 265 g/mol. The fourth-order valence-electron chi connectivity index (χ4n) is 1.83. The van der Waals surface area contributed by atoms with Crippen molar-refractivity contribution in [2.75, 3.05) is 13.7 Å². The van der Waals surface area contributed by atoms with E-state index in [1.54, 1.807) is 7.11 Å². The minimum atomic E-state index is 0.573. The van der Waals surface area contributed by atoms with Crippen LogP contribution in [0.1, 0.15) is 11.3 Å². The van der Waals surface area contributed by atoms with Crippen LogP contribution >= 0.6 is 11.6 Å². The van der Waals surface area contributed by atoms with Gasteiger partial charge in [0.05, 0.1) is 23.5 Å². The van der Waals surface area contributed by atoms with Gasteiger partial charge in [-0.05, 0) is 43.7 Å². The number of methoxy groups -OCH3 is 1. The van der Waals surface area contributed by atoms with E-state index in [-0.39, 0.29) is 0 Å². The normalized spacial score (nSPS) is 10.7. The molecule has 0 radical (unpaired) electrons. The molecule has 0 aliphatic carbocycles. The first kappa shape index (κ1) is 12.9. The Labute approximate surface area is 111 Å². The molecular formula is C13H16ClN3O. The maximum absolute atomic E-state index is 6.10. The molecule has 0 aliphatic heterocycles. The highest BCUT2D eigenvalue weighted by atomic mass is 35.5. The second-order valence-electron chi connectivity index (χ2n) is 4.04. The van der Waals surface area contributed by atoms with Gasteiger partial charge >= 0.3 is 0 Å². The Balaban J connectivity index is 2.36. The van der Waals surface area contributed by atoms with Crippen LogP contribution < -0.4 is 10.5 Å². The molecule has 0 unspecified atom stereocenters. The van der Waals surface area contributed by atoms with E-state index in [0.29, 0.717) is 17.3 Å². The molecule has 0 atom stereocenters. The zero-order valence-corrected chi connectivity index (χ0v) is 11.2. The van der Waals surface area contributed by atoms with Crippen molar-refractivity contribution in [1.29, 1.82) is 0 Å². The first-order valence-corrected chi connectivity index (χ1v) is 6.12. The molecule has 1 heterocycles. The third kappa shape index (κ3) is 2.49. The van der Waals surface area contributed by atoms with Crippen molar-refractivity contribution in [3.63, 3.8) is 0 Å². The van der Waals surface area contributed by atoms with Gasteiger partial charge in [0.1, 0.15) is 5.75 Å². The van der Waals surface area contributed by atoms with Crippen molar-refractivity contribution in [1.82, 2.24) is 9.78 Å². The van der Waals surface area contributed by atoms with Gasteiger partial charge < -0.3 is 10.5 Å². The van der Waals surface area contributed by atoms with Gasteiger partial charge in [-0.15, -0.1) is 0 Å². The summed E-state index contributed by atoms with van der Waals surface area (Å²) < 4.78 is 6.94. The van der Waals surface area contributed by atoms with Crippen molar-refractivity contribution < 1.29 is 4.74 Å². The van der Waals surface area contributed by atoms with Gasteiger partial charge in [-0.25, -0.2) is 4.68 Å². The van der Waals surface area contributed by atoms with E-state index in [2.05, 4.69) is 5.10 Å². The van der Waals surface area contributed by atoms with E-state index in [9.17, 15) is 0 Å². The van der Waals surface area contributed by atoms with Crippen molar-refractivity contribution >= 4 is 11.6 Å². The summed E-state index contributed by atoms with van der Waals surface area (Å²) >= 11 is 6.10. The Morgan fingerprint density at radius 3 is 2.83 bits per heavy atom. The number of nitrogens with zero attached hydrogens (tertiary/aromatic N) is 2. The van der Waals surface area contributed by atoms with Crippen LogP contribution in [0.15, 0.2) is 24.4 Å². The number of benzene rings is 1. The Kier molecular flexibility index (Phi) is 3.89. The van der Waals surface area contributed by atoms with Crippen LogP contribution in [0.25, 0.3) is 5.69 Å². The minimum Gasteiger partial charge on any atom is -0.495 e. The predicted octanol–water partition coefficient (Wildman–Crippen LogP) is 2.34. The number of hydrogen-bond acceptors (Lipinski definition) is 3. The first-order valence-electron chi connectivity index (χ1n) is 5.75. The second-order valence-corrected chi connectivity index (χ2v) is 4.45. The Hall–Kier alpha value is -1.52. The predicted molar refractivity (Wildman–Crippen MR) is 72.6 cm³/mol. The fourth-order valence-corrected chi connectivity index (χ4v) is 2.08. The second kappa shape index (κ2) is 5.42. The molecule has 0 bridgehead atoms. The van der Waals surface area contributed by atoms with Crippen molar-refractivity contribution in [2.24, 2.45) is 5.73 Å². The summed E-state index contributed by atoms with van der Waals surface area (Å²) in [5, 5.41) is 5.03. The van der Waals surface area contributed by atoms with Crippen LogP contribution in [0.3, 0.4) is 0 Å². The summed E-state index contributed by atoms with van der Waals surface area (Å²) in [5.74, 6) is 0.659. The lowest BCUT2D eigenvalue weighted by Crippen LogP contribution is -2.02. The van der Waals surface area contributed by atoms with E-state index in [1.807, 2.05) is 36.0 Å². The average Bonchev–Trinajstić information content (AvgIpc) is 2.71. The molecule has 0 amide bonds. The number of hydrogen-bond donors (Lipinski definition) is 1. The lowest BCUT2D eigenvalue weighted by atomic mass is 10.2. The zero-order chi connectivity index (χ0) is 13.1. The van der Waals surface area contributed by atoms with Crippen LogP contribution in [0.5, 0.6) is 5.75 Å². The third-order valence-electron chi connectivity index (χ3n) is 2.81. The SMILES string of the molecule is COc1ccc(-n2cc(CCN)c(C)n2)cc1Cl. The molecule has 2 rings (SSSR count). The van der Waals surface area contributed by atoms with Crippen LogP contribution in [-0.2, 0) is 6.42 Å². The standard InChI is InChI=1S/C13H16ClN3O/c1-9-10(5-6-15)8-17(16-9)11-3-4-13(18-2)12(14)7-11/h3-4,7-8H,5-6,15H2,1-2H3. The van der Waals surface area contributed by atoms with Crippen LogP contribution in [0, 0.1) is 6.92 Å². The highest BCUT2D eigenvalue weighted by Crippen LogP contribution is 2.26. The smallest absolute Gasteiger partial charge is 0.137 e. The lowest BCUT2D eigenvalue weighted by Gasteiger charge is -2.05. The van der Waals surface area contributed by atoms with Gasteiger partial charge in [0.2, 0.25) is 0 Å². The molecule has 0 saturated heterocycles. The summed E-state index contributed by atoms with van der Waals surface area (Å²) in [5.41, 5.74) is 8.62. The molecule has 4 nitrogen and oxygen atoms in total. The highest BCUT2D eigenvalue weighted by Gasteiger charge is 2.07. The van der Waals surface area contributed by atoms with Gasteiger partial charge in [-0.1, -0.05) is 11.6 Å². The molecule has 1 aromatic carbocycles. The molecule has 18 heavy (non-hydrogen) atoms. The third-order valence-corrected chi connectivity index (χ3v) is 3.11. The summed E-state index contributed by atoms with van der Waals surface area (Å²) in [6, 6.07) is 5.58. The molecule has 96 valence electrons. The number of aryl methyl sites for hydroxylation is 1. The van der Waals surface area contributed by atoms with Crippen LogP contribution in [0.2, 0.25) is 5.02 Å². The molecule has 0 saturated carbocycles. The fraction of sp³-hybridized carbons (Fsp3) is 0.308. The first-order chi connectivity index (χ1) is 8.65. The molecule has 0 fully saturated rings. The molecule has 0 spiro atoms. The number of aromatic nitrogens is 2. The topological polar surface area (TPSA) is 53.1 Å². The minimum absolute atomic E-state index is 0.573. The van der Waals surface area contributed by atoms with Crippen molar-refractivity contribution in [3.05, 3.63) is 40.7 Å². The van der Waals surface area contributed by atoms with E-state index >= 15 is 0 Å². The lowest BCUT2D eigenvalue weighted by molar-refractivity contribution is 0.415.